The van der Waals surface area contributed by atoms with Gasteiger partial charge in [0.05, 0.1) is 13.7 Å². The van der Waals surface area contributed by atoms with Gasteiger partial charge >= 0.3 is 5.97 Å². The number of rotatable bonds is 7. The molecule has 0 bridgehead atoms. The van der Waals surface area contributed by atoms with Gasteiger partial charge in [-0.25, -0.2) is 4.79 Å². The minimum Gasteiger partial charge on any atom is -0.467 e. The lowest BCUT2D eigenvalue weighted by Gasteiger charge is -2.15. The summed E-state index contributed by atoms with van der Waals surface area (Å²) in [5, 5.41) is 8.07. The van der Waals surface area contributed by atoms with E-state index in [1.807, 2.05) is 0 Å². The quantitative estimate of drug-likeness (QED) is 0.484. The molecule has 1 aliphatic rings. The smallest absolute Gasteiger partial charge is 0.329 e. The summed E-state index contributed by atoms with van der Waals surface area (Å²) in [5.74, 6) is -0.973. The largest absolute Gasteiger partial charge is 0.467 e. The van der Waals surface area contributed by atoms with Gasteiger partial charge in [-0.15, -0.1) is 0 Å². The first-order valence-electron chi connectivity index (χ1n) is 5.88. The van der Waals surface area contributed by atoms with Crippen LogP contribution in [0.3, 0.4) is 0 Å². The average Bonchev–Trinajstić information content (AvgIpc) is 3.10. The fraction of sp³-hybridized carbons (Fsp3) is 0.727. The first kappa shape index (κ1) is 14.4. The van der Waals surface area contributed by atoms with Gasteiger partial charge in [-0.05, 0) is 12.8 Å². The van der Waals surface area contributed by atoms with E-state index in [1.165, 1.54) is 14.0 Å². The van der Waals surface area contributed by atoms with Crippen LogP contribution in [0.2, 0.25) is 0 Å². The van der Waals surface area contributed by atoms with Crippen LogP contribution >= 0.6 is 0 Å². The molecule has 2 amide bonds. The molecule has 3 N–H and O–H groups in total. The predicted octanol–water partition coefficient (Wildman–Crippen LogP) is -1.47. The van der Waals surface area contributed by atoms with Crippen molar-refractivity contribution in [3.63, 3.8) is 0 Å². The van der Waals surface area contributed by atoms with Gasteiger partial charge in [0.1, 0.15) is 6.04 Å². The molecule has 1 aliphatic carbocycles. The van der Waals surface area contributed by atoms with Crippen molar-refractivity contribution in [2.75, 3.05) is 20.2 Å². The summed E-state index contributed by atoms with van der Waals surface area (Å²) in [4.78, 5) is 33.6. The Labute approximate surface area is 106 Å². The van der Waals surface area contributed by atoms with Gasteiger partial charge in [0, 0.05) is 19.5 Å². The van der Waals surface area contributed by atoms with Crippen LogP contribution in [0.15, 0.2) is 0 Å². The predicted molar refractivity (Wildman–Crippen MR) is 63.7 cm³/mol. The Hall–Kier alpha value is -1.63. The molecule has 0 heterocycles. The van der Waals surface area contributed by atoms with Crippen molar-refractivity contribution in [1.82, 2.24) is 16.0 Å². The fourth-order valence-electron chi connectivity index (χ4n) is 1.42. The zero-order chi connectivity index (χ0) is 13.5. The number of carbonyl (C=O) groups is 3. The van der Waals surface area contributed by atoms with Crippen molar-refractivity contribution in [1.29, 1.82) is 0 Å². The first-order valence-corrected chi connectivity index (χ1v) is 5.88. The van der Waals surface area contributed by atoms with Crippen LogP contribution in [0, 0.1) is 0 Å². The van der Waals surface area contributed by atoms with Gasteiger partial charge in [-0.2, -0.15) is 0 Å². The summed E-state index contributed by atoms with van der Waals surface area (Å²) in [6, 6.07) is -0.465. The highest BCUT2D eigenvalue weighted by Crippen LogP contribution is 2.18. The number of methoxy groups -OCH3 is 1. The third-order valence-corrected chi connectivity index (χ3v) is 2.44. The number of hydrogen-bond donors (Lipinski definition) is 3. The van der Waals surface area contributed by atoms with E-state index in [1.54, 1.807) is 0 Å². The maximum absolute atomic E-state index is 11.4. The van der Waals surface area contributed by atoms with E-state index < -0.39 is 12.0 Å². The highest BCUT2D eigenvalue weighted by molar-refractivity contribution is 5.83. The molecule has 0 aliphatic heterocycles. The second-order valence-electron chi connectivity index (χ2n) is 4.25. The molecule has 1 atom stereocenters. The molecule has 1 unspecified atom stereocenters. The second-order valence-corrected chi connectivity index (χ2v) is 4.25. The molecule has 102 valence electrons. The minimum absolute atomic E-state index is 0.107. The Morgan fingerprint density at radius 1 is 1.33 bits per heavy atom. The number of ether oxygens (including phenoxy) is 1. The minimum atomic E-state index is -0.777. The highest BCUT2D eigenvalue weighted by Gasteiger charge is 2.23. The van der Waals surface area contributed by atoms with Crippen molar-refractivity contribution >= 4 is 17.8 Å². The van der Waals surface area contributed by atoms with Crippen LogP contribution in [-0.2, 0) is 19.1 Å². The van der Waals surface area contributed by atoms with Gasteiger partial charge in [0.25, 0.3) is 0 Å². The molecular formula is C11H19N3O4. The molecule has 0 saturated heterocycles. The summed E-state index contributed by atoms with van der Waals surface area (Å²) < 4.78 is 4.55. The van der Waals surface area contributed by atoms with Gasteiger partial charge in [-0.1, -0.05) is 0 Å². The Balaban J connectivity index is 2.24. The van der Waals surface area contributed by atoms with Gasteiger partial charge in [0.15, 0.2) is 0 Å². The molecule has 1 fully saturated rings. The van der Waals surface area contributed by atoms with Crippen molar-refractivity contribution in [3.8, 4) is 0 Å². The number of esters is 1. The van der Waals surface area contributed by atoms with Crippen molar-refractivity contribution in [3.05, 3.63) is 0 Å². The van der Waals surface area contributed by atoms with Crippen LogP contribution < -0.4 is 16.0 Å². The van der Waals surface area contributed by atoms with E-state index in [-0.39, 0.29) is 24.9 Å². The molecule has 0 aromatic heterocycles. The monoisotopic (exact) mass is 257 g/mol. The molecule has 7 nitrogen and oxygen atoms in total. The number of hydrogen-bond acceptors (Lipinski definition) is 5. The molecule has 0 radical (unpaired) electrons. The van der Waals surface area contributed by atoms with Crippen LogP contribution in [0.5, 0.6) is 0 Å². The van der Waals surface area contributed by atoms with Crippen molar-refractivity contribution in [2.24, 2.45) is 0 Å². The zero-order valence-electron chi connectivity index (χ0n) is 10.6. The Morgan fingerprint density at radius 2 is 2.00 bits per heavy atom. The fourth-order valence-corrected chi connectivity index (χ4v) is 1.42. The molecule has 1 rings (SSSR count). The van der Waals surface area contributed by atoms with Gasteiger partial charge < -0.3 is 20.7 Å². The van der Waals surface area contributed by atoms with Gasteiger partial charge in [0.2, 0.25) is 11.8 Å². The third-order valence-electron chi connectivity index (χ3n) is 2.44. The van der Waals surface area contributed by atoms with E-state index in [9.17, 15) is 14.4 Å². The van der Waals surface area contributed by atoms with Crippen molar-refractivity contribution < 1.29 is 19.1 Å². The maximum atomic E-state index is 11.4. The number of carbonyl (C=O) groups excluding carboxylic acids is 3. The lowest BCUT2D eigenvalue weighted by molar-refractivity contribution is -0.144. The lowest BCUT2D eigenvalue weighted by Crippen LogP contribution is -2.48. The molecule has 1 saturated carbocycles. The Morgan fingerprint density at radius 3 is 2.50 bits per heavy atom. The zero-order valence-corrected chi connectivity index (χ0v) is 10.6. The van der Waals surface area contributed by atoms with Crippen LogP contribution in [0.1, 0.15) is 19.8 Å². The van der Waals surface area contributed by atoms with E-state index in [0.29, 0.717) is 6.04 Å². The summed E-state index contributed by atoms with van der Waals surface area (Å²) in [6.45, 7) is 1.59. The SMILES string of the molecule is COC(=O)C(CNCC(=O)NC1CC1)NC(C)=O. The third kappa shape index (κ3) is 5.62. The first-order chi connectivity index (χ1) is 8.52. The second kappa shape index (κ2) is 6.95. The average molecular weight is 257 g/mol. The molecule has 0 aromatic rings. The topological polar surface area (TPSA) is 96.5 Å². The van der Waals surface area contributed by atoms with E-state index in [0.717, 1.165) is 12.8 Å². The van der Waals surface area contributed by atoms with Crippen LogP contribution in [0.25, 0.3) is 0 Å². The number of nitrogens with one attached hydrogen (secondary N) is 3. The van der Waals surface area contributed by atoms with Crippen LogP contribution in [-0.4, -0.2) is 50.1 Å². The summed E-state index contributed by atoms with van der Waals surface area (Å²) in [7, 11) is 1.25. The molecule has 7 heteroatoms. The Bertz CT molecular complexity index is 328. The van der Waals surface area contributed by atoms with Gasteiger partial charge in [-0.3, -0.25) is 9.59 Å². The van der Waals surface area contributed by atoms with Crippen LogP contribution in [0.4, 0.5) is 0 Å². The van der Waals surface area contributed by atoms with E-state index in [4.69, 9.17) is 0 Å². The molecule has 18 heavy (non-hydrogen) atoms. The molecule has 0 aromatic carbocycles. The summed E-state index contributed by atoms with van der Waals surface area (Å²) >= 11 is 0. The van der Waals surface area contributed by atoms with E-state index >= 15 is 0 Å². The van der Waals surface area contributed by atoms with E-state index in [2.05, 4.69) is 20.7 Å². The lowest BCUT2D eigenvalue weighted by atomic mass is 10.3. The normalized spacial score (nSPS) is 15.7. The summed E-state index contributed by atoms with van der Waals surface area (Å²) in [6.07, 6.45) is 2.06. The summed E-state index contributed by atoms with van der Waals surface area (Å²) in [5.41, 5.74) is 0. The molecular weight excluding hydrogens is 238 g/mol. The standard InChI is InChI=1S/C11H19N3O4/c1-7(15)13-9(11(17)18-2)5-12-6-10(16)14-8-3-4-8/h8-9,12H,3-6H2,1-2H3,(H,13,15)(H,14,16). The molecule has 0 spiro atoms. The highest BCUT2D eigenvalue weighted by atomic mass is 16.5. The van der Waals surface area contributed by atoms with Crippen molar-refractivity contribution in [2.45, 2.75) is 31.8 Å². The Kier molecular flexibility index (Phi) is 5.57. The maximum Gasteiger partial charge on any atom is 0.329 e. The number of amides is 2.